The lowest BCUT2D eigenvalue weighted by Crippen LogP contribution is -2.60. The van der Waals surface area contributed by atoms with E-state index in [1.807, 2.05) is 6.92 Å². The summed E-state index contributed by atoms with van der Waals surface area (Å²) in [5.41, 5.74) is 0.208. The van der Waals surface area contributed by atoms with E-state index in [-0.39, 0.29) is 5.54 Å². The highest BCUT2D eigenvalue weighted by atomic mass is 16.5. The predicted molar refractivity (Wildman–Crippen MR) is 100 cm³/mol. The maximum absolute atomic E-state index is 5.57. The van der Waals surface area contributed by atoms with Crippen LogP contribution in [-0.2, 0) is 11.3 Å². The molecule has 1 saturated carbocycles. The lowest BCUT2D eigenvalue weighted by molar-refractivity contribution is -0.0352. The first kappa shape index (κ1) is 19.1. The van der Waals surface area contributed by atoms with Gasteiger partial charge in [-0.1, -0.05) is 24.4 Å². The molecule has 0 spiro atoms. The third kappa shape index (κ3) is 4.94. The molecule has 2 N–H and O–H groups in total. The number of aromatic nitrogens is 2. The number of hydrogen-bond acceptors (Lipinski definition) is 6. The van der Waals surface area contributed by atoms with Crippen molar-refractivity contribution in [3.05, 3.63) is 11.7 Å². The third-order valence-corrected chi connectivity index (χ3v) is 5.34. The third-order valence-electron chi connectivity index (χ3n) is 5.34. The van der Waals surface area contributed by atoms with Crippen LogP contribution in [0.4, 0.5) is 0 Å². The molecule has 2 aliphatic rings. The summed E-state index contributed by atoms with van der Waals surface area (Å²) in [5, 5.41) is 10.7. The Kier molecular flexibility index (Phi) is 6.85. The smallest absolute Gasteiger partial charge is 0.248 e. The van der Waals surface area contributed by atoms with E-state index >= 15 is 0 Å². The summed E-state index contributed by atoms with van der Waals surface area (Å²) in [7, 11) is 0. The molecular weight excluding hydrogens is 332 g/mol. The van der Waals surface area contributed by atoms with Gasteiger partial charge in [-0.15, -0.1) is 0 Å². The van der Waals surface area contributed by atoms with Gasteiger partial charge in [0.2, 0.25) is 5.89 Å². The first-order chi connectivity index (χ1) is 12.7. The number of rotatable bonds is 6. The minimum Gasteiger partial charge on any atom is -0.379 e. The fraction of sp³-hybridized carbons (Fsp3) is 0.833. The maximum atomic E-state index is 5.57. The highest BCUT2D eigenvalue weighted by molar-refractivity contribution is 5.79. The van der Waals surface area contributed by atoms with Crippen LogP contribution in [0.2, 0.25) is 0 Å². The normalized spacial score (nSPS) is 21.5. The van der Waals surface area contributed by atoms with Crippen LogP contribution < -0.4 is 10.6 Å². The molecule has 1 aromatic rings. The SMILES string of the molecule is CCNC(=NCc1nc(C)no1)NCC1(N2CCOCC2)CCCCC1. The Labute approximate surface area is 155 Å². The van der Waals surface area contributed by atoms with Crippen LogP contribution in [0.3, 0.4) is 0 Å². The van der Waals surface area contributed by atoms with Crippen LogP contribution in [-0.4, -0.2) is 65.9 Å². The summed E-state index contributed by atoms with van der Waals surface area (Å²) in [6.45, 7) is 9.73. The molecule has 2 fully saturated rings. The van der Waals surface area contributed by atoms with Gasteiger partial charge in [0, 0.05) is 31.7 Å². The van der Waals surface area contributed by atoms with Crippen LogP contribution in [0.15, 0.2) is 9.52 Å². The van der Waals surface area contributed by atoms with E-state index in [4.69, 9.17) is 9.26 Å². The molecule has 1 aromatic heterocycles. The summed E-state index contributed by atoms with van der Waals surface area (Å²) < 4.78 is 10.7. The van der Waals surface area contributed by atoms with E-state index in [1.54, 1.807) is 0 Å². The van der Waals surface area contributed by atoms with Gasteiger partial charge in [0.1, 0.15) is 6.54 Å². The molecule has 1 saturated heterocycles. The molecule has 3 rings (SSSR count). The van der Waals surface area contributed by atoms with Crippen LogP contribution in [0.25, 0.3) is 0 Å². The second-order valence-corrected chi connectivity index (χ2v) is 7.17. The number of aryl methyl sites for hydroxylation is 1. The standard InChI is InChI=1S/C18H32N6O2/c1-3-19-17(20-13-16-22-15(2)23-26-16)21-14-18(7-5-4-6-8-18)24-9-11-25-12-10-24/h3-14H2,1-2H3,(H2,19,20,21). The lowest BCUT2D eigenvalue weighted by Gasteiger charge is -2.48. The van der Waals surface area contributed by atoms with Crippen molar-refractivity contribution in [3.63, 3.8) is 0 Å². The van der Waals surface area contributed by atoms with Crippen molar-refractivity contribution in [2.75, 3.05) is 39.4 Å². The van der Waals surface area contributed by atoms with Crippen molar-refractivity contribution in [2.45, 2.75) is 58.0 Å². The van der Waals surface area contributed by atoms with Gasteiger partial charge in [0.05, 0.1) is 13.2 Å². The molecule has 8 heteroatoms. The van der Waals surface area contributed by atoms with Crippen LogP contribution in [0.5, 0.6) is 0 Å². The minimum atomic E-state index is 0.208. The largest absolute Gasteiger partial charge is 0.379 e. The van der Waals surface area contributed by atoms with Crippen molar-refractivity contribution >= 4 is 5.96 Å². The Balaban J connectivity index is 1.64. The molecule has 0 amide bonds. The van der Waals surface area contributed by atoms with Gasteiger partial charge < -0.3 is 19.9 Å². The number of nitrogens with zero attached hydrogens (tertiary/aromatic N) is 4. The van der Waals surface area contributed by atoms with E-state index < -0.39 is 0 Å². The molecule has 0 unspecified atom stereocenters. The van der Waals surface area contributed by atoms with E-state index in [0.29, 0.717) is 18.3 Å². The van der Waals surface area contributed by atoms with Crippen LogP contribution in [0.1, 0.15) is 50.7 Å². The van der Waals surface area contributed by atoms with Crippen molar-refractivity contribution in [1.82, 2.24) is 25.7 Å². The Bertz CT molecular complexity index is 576. The number of guanidine groups is 1. The number of morpholine rings is 1. The van der Waals surface area contributed by atoms with E-state index in [0.717, 1.165) is 45.4 Å². The summed E-state index contributed by atoms with van der Waals surface area (Å²) in [6, 6.07) is 0. The highest BCUT2D eigenvalue weighted by Crippen LogP contribution is 2.33. The monoisotopic (exact) mass is 364 g/mol. The van der Waals surface area contributed by atoms with E-state index in [9.17, 15) is 0 Å². The number of nitrogens with one attached hydrogen (secondary N) is 2. The van der Waals surface area contributed by atoms with Gasteiger partial charge in [-0.25, -0.2) is 4.99 Å². The Hall–Kier alpha value is -1.67. The van der Waals surface area contributed by atoms with Crippen molar-refractivity contribution in [3.8, 4) is 0 Å². The molecule has 2 heterocycles. The second-order valence-electron chi connectivity index (χ2n) is 7.17. The molecule has 8 nitrogen and oxygen atoms in total. The first-order valence-electron chi connectivity index (χ1n) is 9.86. The van der Waals surface area contributed by atoms with Crippen LogP contribution in [0, 0.1) is 6.92 Å². The highest BCUT2D eigenvalue weighted by Gasteiger charge is 2.38. The second kappa shape index (κ2) is 9.32. The number of aliphatic imine (C=N–C) groups is 1. The fourth-order valence-electron chi connectivity index (χ4n) is 3.99. The lowest BCUT2D eigenvalue weighted by atomic mass is 9.80. The zero-order valence-corrected chi connectivity index (χ0v) is 16.1. The Morgan fingerprint density at radius 2 is 1.96 bits per heavy atom. The predicted octanol–water partition coefficient (Wildman–Crippen LogP) is 1.47. The molecular formula is C18H32N6O2. The fourth-order valence-corrected chi connectivity index (χ4v) is 3.99. The summed E-state index contributed by atoms with van der Waals surface area (Å²) in [6.07, 6.45) is 6.42. The molecule has 1 aliphatic carbocycles. The van der Waals surface area contributed by atoms with Gasteiger partial charge in [-0.05, 0) is 26.7 Å². The maximum Gasteiger partial charge on any atom is 0.248 e. The van der Waals surface area contributed by atoms with Gasteiger partial charge >= 0.3 is 0 Å². The van der Waals surface area contributed by atoms with Crippen molar-refractivity contribution in [2.24, 2.45) is 4.99 Å². The minimum absolute atomic E-state index is 0.208. The summed E-state index contributed by atoms with van der Waals surface area (Å²) in [4.78, 5) is 11.5. The van der Waals surface area contributed by atoms with E-state index in [2.05, 4.69) is 37.6 Å². The molecule has 0 aromatic carbocycles. The van der Waals surface area contributed by atoms with Gasteiger partial charge in [-0.3, -0.25) is 4.90 Å². The average molecular weight is 364 g/mol. The molecule has 1 aliphatic heterocycles. The zero-order chi connectivity index (χ0) is 18.2. The molecule has 0 bridgehead atoms. The average Bonchev–Trinajstić information content (AvgIpc) is 3.11. The molecule has 26 heavy (non-hydrogen) atoms. The summed E-state index contributed by atoms with van der Waals surface area (Å²) in [5.74, 6) is 1.99. The summed E-state index contributed by atoms with van der Waals surface area (Å²) >= 11 is 0. The number of ether oxygens (including phenoxy) is 1. The van der Waals surface area contributed by atoms with Crippen molar-refractivity contribution in [1.29, 1.82) is 0 Å². The molecule has 146 valence electrons. The van der Waals surface area contributed by atoms with Crippen molar-refractivity contribution < 1.29 is 9.26 Å². The molecule has 0 atom stereocenters. The quantitative estimate of drug-likeness (QED) is 0.584. The molecule has 0 radical (unpaired) electrons. The van der Waals surface area contributed by atoms with Gasteiger partial charge in [-0.2, -0.15) is 4.98 Å². The van der Waals surface area contributed by atoms with Gasteiger partial charge in [0.15, 0.2) is 11.8 Å². The Morgan fingerprint density at radius 1 is 1.19 bits per heavy atom. The van der Waals surface area contributed by atoms with E-state index in [1.165, 1.54) is 32.1 Å². The first-order valence-corrected chi connectivity index (χ1v) is 9.86. The number of hydrogen-bond donors (Lipinski definition) is 2. The topological polar surface area (TPSA) is 87.8 Å². The zero-order valence-electron chi connectivity index (χ0n) is 16.1. The van der Waals surface area contributed by atoms with Gasteiger partial charge in [0.25, 0.3) is 0 Å². The Morgan fingerprint density at radius 3 is 2.62 bits per heavy atom. The van der Waals surface area contributed by atoms with Crippen LogP contribution >= 0.6 is 0 Å².